The number of carbonyl (C=O) groups excluding carboxylic acids is 1. The maximum Gasteiger partial charge on any atom is 0.255 e. The minimum absolute atomic E-state index is 0.111. The van der Waals surface area contributed by atoms with Gasteiger partial charge in [-0.3, -0.25) is 4.79 Å². The molecule has 26 heavy (non-hydrogen) atoms. The molecule has 4 heteroatoms. The van der Waals surface area contributed by atoms with Gasteiger partial charge in [-0.05, 0) is 81.3 Å². The number of benzene rings is 1. The third-order valence-corrected chi connectivity index (χ3v) is 4.93. The molecule has 1 aliphatic rings. The lowest BCUT2D eigenvalue weighted by atomic mass is 9.97. The molecule has 1 aromatic carbocycles. The van der Waals surface area contributed by atoms with Gasteiger partial charge >= 0.3 is 0 Å². The molecule has 0 spiro atoms. The first-order chi connectivity index (χ1) is 12.6. The minimum atomic E-state index is -0.111. The van der Waals surface area contributed by atoms with Crippen molar-refractivity contribution in [2.24, 2.45) is 0 Å². The zero-order chi connectivity index (χ0) is 18.4. The standard InChI is InChI=1S/C22H27N3O/c1-16-8-9-19(14-17(16)2)22(26)25-20-10-11-21(24-15-20)23-13-12-18-6-4-3-5-7-18/h6,8-11,14-15H,3-5,7,12-13H2,1-2H3,(H,23,24)(H,25,26). The SMILES string of the molecule is Cc1ccc(C(=O)Nc2ccc(NCCC3=CCCCC3)nc2)cc1C. The number of allylic oxidation sites excluding steroid dienone is 1. The molecule has 0 saturated heterocycles. The molecule has 1 heterocycles. The Morgan fingerprint density at radius 2 is 2.00 bits per heavy atom. The Bertz CT molecular complexity index is 794. The molecular formula is C22H27N3O. The number of nitrogens with one attached hydrogen (secondary N) is 2. The second kappa shape index (κ2) is 8.65. The van der Waals surface area contributed by atoms with Crippen molar-refractivity contribution in [2.75, 3.05) is 17.2 Å². The summed E-state index contributed by atoms with van der Waals surface area (Å²) in [6.45, 7) is 4.95. The number of rotatable bonds is 6. The first-order valence-electron chi connectivity index (χ1n) is 9.38. The average Bonchev–Trinajstić information content (AvgIpc) is 2.66. The van der Waals surface area contributed by atoms with Gasteiger partial charge < -0.3 is 10.6 Å². The topological polar surface area (TPSA) is 54.0 Å². The zero-order valence-corrected chi connectivity index (χ0v) is 15.6. The summed E-state index contributed by atoms with van der Waals surface area (Å²) in [5.41, 5.74) is 5.22. The Hall–Kier alpha value is -2.62. The molecule has 0 fully saturated rings. The van der Waals surface area contributed by atoms with Crippen molar-refractivity contribution >= 4 is 17.4 Å². The van der Waals surface area contributed by atoms with Crippen LogP contribution in [0.3, 0.4) is 0 Å². The lowest BCUT2D eigenvalue weighted by Gasteiger charge is -2.13. The predicted octanol–water partition coefficient (Wildman–Crippen LogP) is 5.25. The number of aromatic nitrogens is 1. The van der Waals surface area contributed by atoms with Gasteiger partial charge in [0.15, 0.2) is 0 Å². The monoisotopic (exact) mass is 349 g/mol. The highest BCUT2D eigenvalue weighted by molar-refractivity contribution is 6.04. The number of carbonyl (C=O) groups is 1. The van der Waals surface area contributed by atoms with Crippen LogP contribution in [0.1, 0.15) is 53.6 Å². The van der Waals surface area contributed by atoms with Gasteiger partial charge in [0.2, 0.25) is 0 Å². The number of pyridine rings is 1. The molecule has 1 amide bonds. The first-order valence-corrected chi connectivity index (χ1v) is 9.38. The van der Waals surface area contributed by atoms with Crippen molar-refractivity contribution in [3.8, 4) is 0 Å². The van der Waals surface area contributed by atoms with E-state index in [0.29, 0.717) is 11.3 Å². The first kappa shape index (κ1) is 18.2. The van der Waals surface area contributed by atoms with E-state index in [4.69, 9.17) is 0 Å². The van der Waals surface area contributed by atoms with Crippen molar-refractivity contribution in [1.82, 2.24) is 4.98 Å². The quantitative estimate of drug-likeness (QED) is 0.700. The molecule has 1 aromatic heterocycles. The van der Waals surface area contributed by atoms with Gasteiger partial charge in [-0.2, -0.15) is 0 Å². The van der Waals surface area contributed by atoms with Gasteiger partial charge in [0, 0.05) is 12.1 Å². The van der Waals surface area contributed by atoms with Crippen LogP contribution in [-0.2, 0) is 0 Å². The summed E-state index contributed by atoms with van der Waals surface area (Å²) < 4.78 is 0. The Labute approximate surface area is 155 Å². The number of nitrogens with zero attached hydrogens (tertiary/aromatic N) is 1. The Morgan fingerprint density at radius 1 is 1.12 bits per heavy atom. The lowest BCUT2D eigenvalue weighted by Crippen LogP contribution is -2.12. The van der Waals surface area contributed by atoms with E-state index in [0.717, 1.165) is 24.3 Å². The maximum absolute atomic E-state index is 12.3. The van der Waals surface area contributed by atoms with Crippen LogP contribution < -0.4 is 10.6 Å². The summed E-state index contributed by atoms with van der Waals surface area (Å²) in [4.78, 5) is 16.7. The molecule has 0 atom stereocenters. The van der Waals surface area contributed by atoms with E-state index >= 15 is 0 Å². The third kappa shape index (κ3) is 4.94. The summed E-state index contributed by atoms with van der Waals surface area (Å²) >= 11 is 0. The normalized spacial score (nSPS) is 13.8. The highest BCUT2D eigenvalue weighted by atomic mass is 16.1. The van der Waals surface area contributed by atoms with Crippen LogP contribution in [0.4, 0.5) is 11.5 Å². The van der Waals surface area contributed by atoms with Gasteiger partial charge in [-0.15, -0.1) is 0 Å². The summed E-state index contributed by atoms with van der Waals surface area (Å²) in [6, 6.07) is 9.52. The number of anilines is 2. The molecule has 2 N–H and O–H groups in total. The van der Waals surface area contributed by atoms with Crippen molar-refractivity contribution in [1.29, 1.82) is 0 Å². The molecule has 2 aromatic rings. The summed E-state index contributed by atoms with van der Waals surface area (Å²) in [6.07, 6.45) is 10.3. The highest BCUT2D eigenvalue weighted by Crippen LogP contribution is 2.20. The second-order valence-electron chi connectivity index (χ2n) is 6.97. The largest absolute Gasteiger partial charge is 0.370 e. The van der Waals surface area contributed by atoms with Gasteiger partial charge in [-0.1, -0.05) is 17.7 Å². The highest BCUT2D eigenvalue weighted by Gasteiger charge is 2.08. The Morgan fingerprint density at radius 3 is 2.69 bits per heavy atom. The predicted molar refractivity (Wildman–Crippen MR) is 108 cm³/mol. The van der Waals surface area contributed by atoms with Crippen LogP contribution in [0.5, 0.6) is 0 Å². The molecule has 0 bridgehead atoms. The molecule has 3 rings (SSSR count). The smallest absolute Gasteiger partial charge is 0.255 e. The summed E-state index contributed by atoms with van der Waals surface area (Å²) in [5, 5.41) is 6.25. The molecule has 4 nitrogen and oxygen atoms in total. The van der Waals surface area contributed by atoms with Crippen molar-refractivity contribution in [2.45, 2.75) is 46.0 Å². The molecule has 136 valence electrons. The van der Waals surface area contributed by atoms with Crippen LogP contribution in [0.15, 0.2) is 48.2 Å². The van der Waals surface area contributed by atoms with Gasteiger partial charge in [0.1, 0.15) is 5.82 Å². The van der Waals surface area contributed by atoms with Crippen molar-refractivity contribution < 1.29 is 4.79 Å². The van der Waals surface area contributed by atoms with Gasteiger partial charge in [-0.25, -0.2) is 4.98 Å². The van der Waals surface area contributed by atoms with Gasteiger partial charge in [0.05, 0.1) is 11.9 Å². The van der Waals surface area contributed by atoms with Crippen molar-refractivity contribution in [3.05, 3.63) is 64.9 Å². The molecular weight excluding hydrogens is 322 g/mol. The number of hydrogen-bond acceptors (Lipinski definition) is 3. The van der Waals surface area contributed by atoms with Gasteiger partial charge in [0.25, 0.3) is 5.91 Å². The minimum Gasteiger partial charge on any atom is -0.370 e. The van der Waals surface area contributed by atoms with Crippen LogP contribution in [0.2, 0.25) is 0 Å². The Balaban J connectivity index is 1.51. The van der Waals surface area contributed by atoms with Crippen molar-refractivity contribution in [3.63, 3.8) is 0 Å². The van der Waals surface area contributed by atoms with E-state index in [9.17, 15) is 4.79 Å². The molecule has 0 radical (unpaired) electrons. The fraction of sp³-hybridized carbons (Fsp3) is 0.364. The van der Waals surface area contributed by atoms with E-state index in [2.05, 4.69) is 21.7 Å². The summed E-state index contributed by atoms with van der Waals surface area (Å²) in [7, 11) is 0. The average molecular weight is 349 g/mol. The Kier molecular flexibility index (Phi) is 6.05. The fourth-order valence-corrected chi connectivity index (χ4v) is 3.14. The third-order valence-electron chi connectivity index (χ3n) is 4.93. The second-order valence-corrected chi connectivity index (χ2v) is 6.97. The van der Waals surface area contributed by atoms with E-state index < -0.39 is 0 Å². The van der Waals surface area contributed by atoms with Crippen LogP contribution in [0, 0.1) is 13.8 Å². The van der Waals surface area contributed by atoms with Crippen LogP contribution in [0.25, 0.3) is 0 Å². The fourth-order valence-electron chi connectivity index (χ4n) is 3.14. The lowest BCUT2D eigenvalue weighted by molar-refractivity contribution is 0.102. The van der Waals surface area contributed by atoms with E-state index in [1.807, 2.05) is 44.2 Å². The number of hydrogen-bond donors (Lipinski definition) is 2. The number of amides is 1. The van der Waals surface area contributed by atoms with E-state index in [1.165, 1.54) is 31.2 Å². The molecule has 0 saturated carbocycles. The zero-order valence-electron chi connectivity index (χ0n) is 15.6. The molecule has 0 unspecified atom stereocenters. The van der Waals surface area contributed by atoms with Crippen LogP contribution in [-0.4, -0.2) is 17.4 Å². The molecule has 1 aliphatic carbocycles. The maximum atomic E-state index is 12.3. The van der Waals surface area contributed by atoms with E-state index in [1.54, 1.807) is 11.8 Å². The molecule has 0 aliphatic heterocycles. The van der Waals surface area contributed by atoms with Crippen LogP contribution >= 0.6 is 0 Å². The number of aryl methyl sites for hydroxylation is 2. The van der Waals surface area contributed by atoms with E-state index in [-0.39, 0.29) is 5.91 Å². The summed E-state index contributed by atoms with van der Waals surface area (Å²) in [5.74, 6) is 0.727.